The average molecular weight is 270 g/mol. The molecule has 0 spiro atoms. The summed E-state index contributed by atoms with van der Waals surface area (Å²) in [4.78, 5) is 15.7. The van der Waals surface area contributed by atoms with E-state index in [1.165, 1.54) is 11.1 Å². The van der Waals surface area contributed by atoms with E-state index in [0.717, 1.165) is 18.7 Å². The molecule has 1 aromatic carbocycles. The zero-order valence-electron chi connectivity index (χ0n) is 11.6. The minimum Gasteiger partial charge on any atom is -0.339 e. The number of aromatic nitrogens is 2. The highest BCUT2D eigenvalue weighted by Crippen LogP contribution is 2.30. The fourth-order valence-corrected chi connectivity index (χ4v) is 2.70. The maximum Gasteiger partial charge on any atom is 0.229 e. The number of carbonyl (C=O) groups is 1. The number of hydrogen-bond donors (Lipinski definition) is 0. The molecule has 1 aliphatic carbocycles. The molecule has 4 heteroatoms. The Morgan fingerprint density at radius 2 is 2.10 bits per heavy atom. The first kappa shape index (κ1) is 13.0. The largest absolute Gasteiger partial charge is 0.339 e. The van der Waals surface area contributed by atoms with E-state index in [2.05, 4.69) is 35.3 Å². The molecule has 1 fully saturated rings. The standard InChI is InChI=1S/C16H18N2O2/c1-11-3-2-4-12(9-11)10-15-17-16(20-18-15)13-5-7-14(19)8-6-13/h2-4,9,13H,5-8,10H2,1H3. The number of hydrogen-bond acceptors (Lipinski definition) is 4. The van der Waals surface area contributed by atoms with E-state index in [1.807, 2.05) is 6.07 Å². The van der Waals surface area contributed by atoms with Crippen LogP contribution in [0.25, 0.3) is 0 Å². The highest BCUT2D eigenvalue weighted by Gasteiger charge is 2.24. The topological polar surface area (TPSA) is 56.0 Å². The zero-order chi connectivity index (χ0) is 13.9. The summed E-state index contributed by atoms with van der Waals surface area (Å²) in [7, 11) is 0. The van der Waals surface area contributed by atoms with Crippen molar-refractivity contribution in [3.05, 3.63) is 47.1 Å². The van der Waals surface area contributed by atoms with Gasteiger partial charge >= 0.3 is 0 Å². The molecule has 104 valence electrons. The van der Waals surface area contributed by atoms with Crippen LogP contribution in [0.1, 0.15) is 54.4 Å². The lowest BCUT2D eigenvalue weighted by molar-refractivity contribution is -0.120. The lowest BCUT2D eigenvalue weighted by atomic mass is 9.88. The molecule has 1 aromatic heterocycles. The summed E-state index contributed by atoms with van der Waals surface area (Å²) >= 11 is 0. The number of aryl methyl sites for hydroxylation is 1. The van der Waals surface area contributed by atoms with Crippen molar-refractivity contribution < 1.29 is 9.32 Å². The van der Waals surface area contributed by atoms with Crippen molar-refractivity contribution in [3.8, 4) is 0 Å². The fourth-order valence-electron chi connectivity index (χ4n) is 2.70. The van der Waals surface area contributed by atoms with Gasteiger partial charge in [-0.15, -0.1) is 0 Å². The van der Waals surface area contributed by atoms with Crippen LogP contribution >= 0.6 is 0 Å². The van der Waals surface area contributed by atoms with Crippen LogP contribution < -0.4 is 0 Å². The van der Waals surface area contributed by atoms with Crippen LogP contribution in [0, 0.1) is 6.92 Å². The van der Waals surface area contributed by atoms with E-state index in [9.17, 15) is 4.79 Å². The summed E-state index contributed by atoms with van der Waals surface area (Å²) in [5.74, 6) is 2.02. The van der Waals surface area contributed by atoms with Gasteiger partial charge in [0.2, 0.25) is 5.89 Å². The number of rotatable bonds is 3. The van der Waals surface area contributed by atoms with Gasteiger partial charge < -0.3 is 4.52 Å². The summed E-state index contributed by atoms with van der Waals surface area (Å²) in [5.41, 5.74) is 2.42. The van der Waals surface area contributed by atoms with Gasteiger partial charge in [-0.25, -0.2) is 0 Å². The van der Waals surface area contributed by atoms with Crippen LogP contribution in [0.15, 0.2) is 28.8 Å². The van der Waals surface area contributed by atoms with Crippen LogP contribution in [-0.4, -0.2) is 15.9 Å². The molecule has 20 heavy (non-hydrogen) atoms. The number of nitrogens with zero attached hydrogens (tertiary/aromatic N) is 2. The molecule has 0 radical (unpaired) electrons. The third-order valence-corrected chi connectivity index (χ3v) is 3.82. The second-order valence-corrected chi connectivity index (χ2v) is 5.53. The van der Waals surface area contributed by atoms with E-state index < -0.39 is 0 Å². The SMILES string of the molecule is Cc1cccc(Cc2noc(C3CCC(=O)CC3)n2)c1. The monoisotopic (exact) mass is 270 g/mol. The quantitative estimate of drug-likeness (QED) is 0.859. The third-order valence-electron chi connectivity index (χ3n) is 3.82. The normalized spacial score (nSPS) is 16.6. The van der Waals surface area contributed by atoms with Gasteiger partial charge in [0.1, 0.15) is 5.78 Å². The molecule has 0 bridgehead atoms. The number of benzene rings is 1. The summed E-state index contributed by atoms with van der Waals surface area (Å²) in [6.07, 6.45) is 3.65. The Kier molecular flexibility index (Phi) is 3.63. The van der Waals surface area contributed by atoms with Gasteiger partial charge in [-0.1, -0.05) is 35.0 Å². The Morgan fingerprint density at radius 3 is 2.85 bits per heavy atom. The molecule has 2 aromatic rings. The Labute approximate surface area is 118 Å². The molecule has 0 aliphatic heterocycles. The van der Waals surface area contributed by atoms with Crippen molar-refractivity contribution in [2.75, 3.05) is 0 Å². The second kappa shape index (κ2) is 5.57. The van der Waals surface area contributed by atoms with Crippen molar-refractivity contribution in [1.82, 2.24) is 10.1 Å². The molecule has 3 rings (SSSR count). The van der Waals surface area contributed by atoms with E-state index in [0.29, 0.717) is 30.9 Å². The van der Waals surface area contributed by atoms with Gasteiger partial charge in [0.15, 0.2) is 5.82 Å². The van der Waals surface area contributed by atoms with Crippen molar-refractivity contribution in [2.24, 2.45) is 0 Å². The number of carbonyl (C=O) groups excluding carboxylic acids is 1. The van der Waals surface area contributed by atoms with Crippen LogP contribution in [0.4, 0.5) is 0 Å². The van der Waals surface area contributed by atoms with E-state index in [1.54, 1.807) is 0 Å². The van der Waals surface area contributed by atoms with E-state index in [4.69, 9.17) is 4.52 Å². The van der Waals surface area contributed by atoms with Crippen molar-refractivity contribution in [3.63, 3.8) is 0 Å². The molecule has 0 unspecified atom stereocenters. The van der Waals surface area contributed by atoms with E-state index in [-0.39, 0.29) is 5.92 Å². The highest BCUT2D eigenvalue weighted by molar-refractivity contribution is 5.79. The first-order valence-electron chi connectivity index (χ1n) is 7.10. The number of ketones is 1. The molecule has 0 atom stereocenters. The fraction of sp³-hybridized carbons (Fsp3) is 0.438. The molecular weight excluding hydrogens is 252 g/mol. The maximum absolute atomic E-state index is 11.3. The first-order chi connectivity index (χ1) is 9.70. The summed E-state index contributed by atoms with van der Waals surface area (Å²) in [6, 6.07) is 8.32. The second-order valence-electron chi connectivity index (χ2n) is 5.53. The van der Waals surface area contributed by atoms with E-state index >= 15 is 0 Å². The third kappa shape index (κ3) is 2.95. The molecule has 1 heterocycles. The lowest BCUT2D eigenvalue weighted by Crippen LogP contribution is -2.12. The first-order valence-corrected chi connectivity index (χ1v) is 7.10. The van der Waals surface area contributed by atoms with Gasteiger partial charge in [-0.05, 0) is 25.3 Å². The van der Waals surface area contributed by atoms with Gasteiger partial charge in [0.25, 0.3) is 0 Å². The summed E-state index contributed by atoms with van der Waals surface area (Å²) in [6.45, 7) is 2.07. The zero-order valence-corrected chi connectivity index (χ0v) is 11.6. The maximum atomic E-state index is 11.3. The Morgan fingerprint density at radius 1 is 1.30 bits per heavy atom. The van der Waals surface area contributed by atoms with Crippen LogP contribution in [-0.2, 0) is 11.2 Å². The van der Waals surface area contributed by atoms with Crippen molar-refractivity contribution >= 4 is 5.78 Å². The lowest BCUT2D eigenvalue weighted by Gasteiger charge is -2.16. The summed E-state index contributed by atoms with van der Waals surface area (Å²) in [5, 5.41) is 4.06. The van der Waals surface area contributed by atoms with Crippen molar-refractivity contribution in [2.45, 2.75) is 44.9 Å². The predicted octanol–water partition coefficient (Wildman–Crippen LogP) is 3.20. The van der Waals surface area contributed by atoms with Crippen LogP contribution in [0.3, 0.4) is 0 Å². The molecule has 0 N–H and O–H groups in total. The Bertz CT molecular complexity index is 608. The number of Topliss-reactive ketones (excluding diaryl/α,β-unsaturated/α-hetero) is 1. The Balaban J connectivity index is 1.69. The molecular formula is C16H18N2O2. The minimum absolute atomic E-state index is 0.256. The highest BCUT2D eigenvalue weighted by atomic mass is 16.5. The molecule has 4 nitrogen and oxygen atoms in total. The Hall–Kier alpha value is -1.97. The van der Waals surface area contributed by atoms with Gasteiger partial charge in [-0.3, -0.25) is 4.79 Å². The molecule has 0 saturated heterocycles. The summed E-state index contributed by atoms with van der Waals surface area (Å²) < 4.78 is 5.37. The predicted molar refractivity (Wildman–Crippen MR) is 74.5 cm³/mol. The van der Waals surface area contributed by atoms with Gasteiger partial charge in [0.05, 0.1) is 0 Å². The smallest absolute Gasteiger partial charge is 0.229 e. The van der Waals surface area contributed by atoms with Gasteiger partial charge in [0, 0.05) is 25.2 Å². The van der Waals surface area contributed by atoms with Crippen LogP contribution in [0.2, 0.25) is 0 Å². The minimum atomic E-state index is 0.256. The molecule has 1 saturated carbocycles. The van der Waals surface area contributed by atoms with Gasteiger partial charge in [-0.2, -0.15) is 4.98 Å². The van der Waals surface area contributed by atoms with Crippen molar-refractivity contribution in [1.29, 1.82) is 0 Å². The average Bonchev–Trinajstić information content (AvgIpc) is 2.88. The molecule has 1 aliphatic rings. The van der Waals surface area contributed by atoms with Crippen LogP contribution in [0.5, 0.6) is 0 Å². The molecule has 0 amide bonds.